The zero-order valence-electron chi connectivity index (χ0n) is 11.5. The Kier molecular flexibility index (Phi) is 4.00. The summed E-state index contributed by atoms with van der Waals surface area (Å²) in [5.41, 5.74) is 1.19. The van der Waals surface area contributed by atoms with E-state index >= 15 is 0 Å². The molecule has 3 heterocycles. The molecule has 1 aliphatic heterocycles. The van der Waals surface area contributed by atoms with Crippen LogP contribution in [0.2, 0.25) is 0 Å². The number of nitrogens with one attached hydrogen (secondary N) is 1. The highest BCUT2D eigenvalue weighted by atomic mass is 32.2. The van der Waals surface area contributed by atoms with Crippen molar-refractivity contribution < 1.29 is 17.9 Å². The molecule has 118 valence electrons. The van der Waals surface area contributed by atoms with Crippen molar-refractivity contribution in [2.45, 2.75) is 23.9 Å². The van der Waals surface area contributed by atoms with E-state index in [1.165, 1.54) is 6.07 Å². The van der Waals surface area contributed by atoms with Crippen molar-refractivity contribution in [1.29, 1.82) is 0 Å². The van der Waals surface area contributed by atoms with Crippen LogP contribution in [0.4, 0.5) is 0 Å². The first-order chi connectivity index (χ1) is 10.4. The summed E-state index contributed by atoms with van der Waals surface area (Å²) in [5.74, 6) is -0.313. The Morgan fingerprint density at radius 2 is 2.32 bits per heavy atom. The van der Waals surface area contributed by atoms with Gasteiger partial charge in [0.2, 0.25) is 10.0 Å². The van der Waals surface area contributed by atoms with Crippen LogP contribution in [-0.2, 0) is 34.5 Å². The average Bonchev–Trinajstić information content (AvgIpc) is 3.10. The molecule has 22 heavy (non-hydrogen) atoms. The number of amides is 1. The lowest BCUT2D eigenvalue weighted by Gasteiger charge is -2.12. The number of hydrogen-bond donors (Lipinski definition) is 2. The van der Waals surface area contributed by atoms with Gasteiger partial charge in [-0.25, -0.2) is 13.6 Å². The lowest BCUT2D eigenvalue weighted by atomic mass is 10.3. The first kappa shape index (κ1) is 15.2. The van der Waals surface area contributed by atoms with Crippen LogP contribution in [0.25, 0.3) is 0 Å². The minimum absolute atomic E-state index is 0.0753. The fourth-order valence-electron chi connectivity index (χ4n) is 2.07. The monoisotopic (exact) mass is 342 g/mol. The number of hydrogen-bond acceptors (Lipinski definition) is 6. The minimum atomic E-state index is -3.70. The molecule has 1 aliphatic rings. The van der Waals surface area contributed by atoms with Gasteiger partial charge in [-0.1, -0.05) is 0 Å². The molecule has 2 aromatic rings. The first-order valence-electron chi connectivity index (χ1n) is 6.48. The zero-order valence-corrected chi connectivity index (χ0v) is 13.1. The number of sulfonamides is 1. The first-order valence-corrected chi connectivity index (χ1v) is 8.84. The second-order valence-corrected chi connectivity index (χ2v) is 7.70. The summed E-state index contributed by atoms with van der Waals surface area (Å²) in [7, 11) is -3.70. The van der Waals surface area contributed by atoms with E-state index in [4.69, 9.17) is 9.88 Å². The third kappa shape index (κ3) is 3.19. The largest absolute Gasteiger partial charge is 0.373 e. The summed E-state index contributed by atoms with van der Waals surface area (Å²) in [6.07, 6.45) is 0. The van der Waals surface area contributed by atoms with Crippen molar-refractivity contribution in [3.8, 4) is 0 Å². The van der Waals surface area contributed by atoms with E-state index in [0.717, 1.165) is 17.0 Å². The maximum Gasteiger partial charge on any atom is 0.272 e. The van der Waals surface area contributed by atoms with Crippen LogP contribution in [0, 0.1) is 0 Å². The molecule has 0 atom stereocenters. The predicted molar refractivity (Wildman–Crippen MR) is 78.7 cm³/mol. The Labute approximate surface area is 130 Å². The lowest BCUT2D eigenvalue weighted by molar-refractivity contribution is 0.0797. The Morgan fingerprint density at radius 3 is 3.00 bits per heavy atom. The molecule has 0 spiro atoms. The van der Waals surface area contributed by atoms with Crippen molar-refractivity contribution in [2.75, 3.05) is 6.61 Å². The second kappa shape index (κ2) is 5.80. The van der Waals surface area contributed by atoms with Crippen LogP contribution in [0.5, 0.6) is 0 Å². The SMILES string of the molecule is NS(=O)(=O)c1ccc(CNC(=O)c2cc3n(n2)CCOC3)s1. The Balaban J connectivity index is 1.65. The standard InChI is InChI=1S/C12H14N4O4S2/c13-22(18,19)11-2-1-9(21-11)6-14-12(17)10-5-8-7-20-4-3-16(8)15-10/h1-2,5H,3-4,6-7H2,(H,14,17)(H2,13,18,19). The molecule has 0 saturated carbocycles. The molecular formula is C12H14N4O4S2. The molecule has 0 fully saturated rings. The molecule has 2 aromatic heterocycles. The summed E-state index contributed by atoms with van der Waals surface area (Å²) in [4.78, 5) is 12.8. The number of nitrogens with two attached hydrogens (primary N) is 1. The van der Waals surface area contributed by atoms with E-state index in [0.29, 0.717) is 30.3 Å². The van der Waals surface area contributed by atoms with Crippen LogP contribution in [0.1, 0.15) is 21.1 Å². The maximum absolute atomic E-state index is 12.1. The average molecular weight is 342 g/mol. The summed E-state index contributed by atoms with van der Waals surface area (Å²) >= 11 is 1.03. The Bertz CT molecular complexity index is 785. The number of carbonyl (C=O) groups is 1. The third-order valence-corrected chi connectivity index (χ3v) is 5.66. The Morgan fingerprint density at radius 1 is 1.50 bits per heavy atom. The minimum Gasteiger partial charge on any atom is -0.373 e. The molecule has 3 rings (SSSR count). The molecule has 3 N–H and O–H groups in total. The topological polar surface area (TPSA) is 116 Å². The van der Waals surface area contributed by atoms with Gasteiger partial charge in [-0.3, -0.25) is 9.48 Å². The van der Waals surface area contributed by atoms with Crippen LogP contribution in [0.3, 0.4) is 0 Å². The van der Waals surface area contributed by atoms with Crippen LogP contribution < -0.4 is 10.5 Å². The lowest BCUT2D eigenvalue weighted by Crippen LogP contribution is -2.23. The smallest absolute Gasteiger partial charge is 0.272 e. The number of fused-ring (bicyclic) bond motifs is 1. The molecule has 0 bridgehead atoms. The molecule has 1 amide bonds. The molecule has 0 aromatic carbocycles. The fourth-order valence-corrected chi connectivity index (χ4v) is 3.79. The molecular weight excluding hydrogens is 328 g/mol. The van der Waals surface area contributed by atoms with E-state index in [-0.39, 0.29) is 16.7 Å². The molecule has 10 heteroatoms. The van der Waals surface area contributed by atoms with Gasteiger partial charge in [0.15, 0.2) is 5.69 Å². The van der Waals surface area contributed by atoms with Crippen molar-refractivity contribution in [2.24, 2.45) is 5.14 Å². The highest BCUT2D eigenvalue weighted by molar-refractivity contribution is 7.91. The molecule has 0 saturated heterocycles. The van der Waals surface area contributed by atoms with Gasteiger partial charge in [-0.05, 0) is 18.2 Å². The van der Waals surface area contributed by atoms with Gasteiger partial charge in [0.25, 0.3) is 5.91 Å². The van der Waals surface area contributed by atoms with Crippen molar-refractivity contribution in [3.05, 3.63) is 34.5 Å². The summed E-state index contributed by atoms with van der Waals surface area (Å²) in [6.45, 7) is 1.88. The summed E-state index contributed by atoms with van der Waals surface area (Å²) < 4.78 is 29.5. The van der Waals surface area contributed by atoms with Gasteiger partial charge in [0.05, 0.1) is 32.0 Å². The highest BCUT2D eigenvalue weighted by Gasteiger charge is 2.17. The van der Waals surface area contributed by atoms with Crippen LogP contribution in [-0.4, -0.2) is 30.7 Å². The molecule has 0 aliphatic carbocycles. The molecule has 0 radical (unpaired) electrons. The van der Waals surface area contributed by atoms with Crippen molar-refractivity contribution in [1.82, 2.24) is 15.1 Å². The Hall–Kier alpha value is -1.75. The second-order valence-electron chi connectivity index (χ2n) is 4.75. The number of aromatic nitrogens is 2. The number of nitrogens with zero attached hydrogens (tertiary/aromatic N) is 2. The summed E-state index contributed by atoms with van der Waals surface area (Å²) in [6, 6.07) is 4.74. The third-order valence-electron chi connectivity index (χ3n) is 3.13. The van der Waals surface area contributed by atoms with Gasteiger partial charge in [0, 0.05) is 4.88 Å². The zero-order chi connectivity index (χ0) is 15.7. The van der Waals surface area contributed by atoms with E-state index in [1.54, 1.807) is 16.8 Å². The van der Waals surface area contributed by atoms with Gasteiger partial charge in [-0.2, -0.15) is 5.10 Å². The van der Waals surface area contributed by atoms with E-state index in [1.807, 2.05) is 0 Å². The van der Waals surface area contributed by atoms with Crippen molar-refractivity contribution >= 4 is 27.3 Å². The molecule has 0 unspecified atom stereocenters. The van der Waals surface area contributed by atoms with Crippen molar-refractivity contribution in [3.63, 3.8) is 0 Å². The van der Waals surface area contributed by atoms with Gasteiger partial charge in [-0.15, -0.1) is 11.3 Å². The number of thiophene rings is 1. The predicted octanol–water partition coefficient (Wildman–Crippen LogP) is 0.0522. The number of carbonyl (C=O) groups excluding carboxylic acids is 1. The maximum atomic E-state index is 12.1. The van der Waals surface area contributed by atoms with Gasteiger partial charge < -0.3 is 10.1 Å². The van der Waals surface area contributed by atoms with E-state index in [2.05, 4.69) is 10.4 Å². The van der Waals surface area contributed by atoms with Gasteiger partial charge in [0.1, 0.15) is 4.21 Å². The normalized spacial score (nSPS) is 14.6. The quantitative estimate of drug-likeness (QED) is 0.814. The summed E-state index contributed by atoms with van der Waals surface area (Å²) in [5, 5.41) is 12.0. The van der Waals surface area contributed by atoms with Gasteiger partial charge >= 0.3 is 0 Å². The number of rotatable bonds is 4. The molecule has 8 nitrogen and oxygen atoms in total. The van der Waals surface area contributed by atoms with E-state index in [9.17, 15) is 13.2 Å². The fraction of sp³-hybridized carbons (Fsp3) is 0.333. The number of ether oxygens (including phenoxy) is 1. The van der Waals surface area contributed by atoms with E-state index < -0.39 is 10.0 Å². The number of primary sulfonamides is 1. The van der Waals surface area contributed by atoms with Crippen LogP contribution >= 0.6 is 11.3 Å². The highest BCUT2D eigenvalue weighted by Crippen LogP contribution is 2.20. The van der Waals surface area contributed by atoms with Crippen LogP contribution in [0.15, 0.2) is 22.4 Å².